The van der Waals surface area contributed by atoms with Gasteiger partial charge in [0.1, 0.15) is 5.82 Å². The van der Waals surface area contributed by atoms with Crippen LogP contribution in [-0.2, 0) is 11.2 Å². The molecule has 0 radical (unpaired) electrons. The highest BCUT2D eigenvalue weighted by Crippen LogP contribution is 2.20. The molecule has 0 aliphatic carbocycles. The average molecular weight is 260 g/mol. The molecule has 5 heteroatoms. The molecule has 0 aliphatic rings. The summed E-state index contributed by atoms with van der Waals surface area (Å²) in [6.45, 7) is 1.97. The van der Waals surface area contributed by atoms with Gasteiger partial charge in [-0.15, -0.1) is 0 Å². The van der Waals surface area contributed by atoms with Gasteiger partial charge in [0.25, 0.3) is 0 Å². The molecule has 0 spiro atoms. The molecule has 0 N–H and O–H groups in total. The molecule has 0 atom stereocenters. The van der Waals surface area contributed by atoms with Crippen LogP contribution in [0.15, 0.2) is 30.6 Å². The van der Waals surface area contributed by atoms with Gasteiger partial charge >= 0.3 is 5.97 Å². The van der Waals surface area contributed by atoms with Crippen LogP contribution >= 0.6 is 0 Å². The molecule has 2 rings (SSSR count). The largest absolute Gasteiger partial charge is 0.465 e. The van der Waals surface area contributed by atoms with Crippen molar-refractivity contribution >= 4 is 5.97 Å². The second-order valence-corrected chi connectivity index (χ2v) is 3.94. The van der Waals surface area contributed by atoms with Crippen molar-refractivity contribution in [3.05, 3.63) is 47.7 Å². The van der Waals surface area contributed by atoms with Crippen molar-refractivity contribution in [3.63, 3.8) is 0 Å². The predicted octanol–water partition coefficient (Wildman–Crippen LogP) is 2.63. The smallest absolute Gasteiger partial charge is 0.340 e. The first-order valence-corrected chi connectivity index (χ1v) is 5.85. The number of esters is 1. The minimum Gasteiger partial charge on any atom is -0.465 e. The fraction of sp³-hybridized carbons (Fsp3) is 0.214. The van der Waals surface area contributed by atoms with Gasteiger partial charge in [0, 0.05) is 11.8 Å². The van der Waals surface area contributed by atoms with Crippen LogP contribution in [0.25, 0.3) is 11.3 Å². The highest BCUT2D eigenvalue weighted by molar-refractivity contribution is 5.90. The van der Waals surface area contributed by atoms with Crippen LogP contribution in [0.2, 0.25) is 0 Å². The summed E-state index contributed by atoms with van der Waals surface area (Å²) in [4.78, 5) is 19.7. The number of methoxy groups -OCH3 is 1. The molecule has 0 fully saturated rings. The van der Waals surface area contributed by atoms with Gasteiger partial charge in [-0.25, -0.2) is 14.2 Å². The van der Waals surface area contributed by atoms with E-state index in [4.69, 9.17) is 0 Å². The van der Waals surface area contributed by atoms with Gasteiger partial charge in [-0.05, 0) is 18.6 Å². The number of carbonyl (C=O) groups excluding carboxylic acids is 1. The molecular weight excluding hydrogens is 247 g/mol. The molecular formula is C14H13FN2O2. The lowest BCUT2D eigenvalue weighted by atomic mass is 10.1. The Morgan fingerprint density at radius 3 is 2.79 bits per heavy atom. The van der Waals surface area contributed by atoms with Gasteiger partial charge in [-0.1, -0.05) is 13.0 Å². The maximum atomic E-state index is 13.8. The van der Waals surface area contributed by atoms with Crippen LogP contribution in [-0.4, -0.2) is 23.0 Å². The number of hydrogen-bond acceptors (Lipinski definition) is 4. The maximum Gasteiger partial charge on any atom is 0.340 e. The second-order valence-electron chi connectivity index (χ2n) is 3.94. The second kappa shape index (κ2) is 5.56. The van der Waals surface area contributed by atoms with E-state index in [2.05, 4.69) is 14.7 Å². The average Bonchev–Trinajstić information content (AvgIpc) is 2.46. The Kier molecular flexibility index (Phi) is 3.85. The highest BCUT2D eigenvalue weighted by atomic mass is 19.1. The van der Waals surface area contributed by atoms with E-state index in [-0.39, 0.29) is 5.56 Å². The third-order valence-corrected chi connectivity index (χ3v) is 2.72. The van der Waals surface area contributed by atoms with Crippen molar-refractivity contribution in [1.29, 1.82) is 0 Å². The van der Waals surface area contributed by atoms with E-state index in [0.717, 1.165) is 12.1 Å². The lowest BCUT2D eigenvalue weighted by Gasteiger charge is -2.05. The fourth-order valence-electron chi connectivity index (χ4n) is 1.67. The van der Waals surface area contributed by atoms with E-state index in [0.29, 0.717) is 11.3 Å². The van der Waals surface area contributed by atoms with Gasteiger partial charge < -0.3 is 4.74 Å². The molecule has 0 saturated carbocycles. The van der Waals surface area contributed by atoms with Gasteiger partial charge in [0.2, 0.25) is 0 Å². The van der Waals surface area contributed by atoms with E-state index in [9.17, 15) is 9.18 Å². The number of carbonyl (C=O) groups is 1. The van der Waals surface area contributed by atoms with Gasteiger partial charge in [0.15, 0.2) is 0 Å². The van der Waals surface area contributed by atoms with E-state index in [1.807, 2.05) is 6.92 Å². The Balaban J connectivity index is 2.41. The van der Waals surface area contributed by atoms with E-state index >= 15 is 0 Å². The van der Waals surface area contributed by atoms with Crippen molar-refractivity contribution in [3.8, 4) is 11.3 Å². The lowest BCUT2D eigenvalue weighted by Crippen LogP contribution is -2.04. The third kappa shape index (κ3) is 2.76. The molecule has 0 bridgehead atoms. The van der Waals surface area contributed by atoms with E-state index in [1.165, 1.54) is 19.2 Å². The lowest BCUT2D eigenvalue weighted by molar-refractivity contribution is 0.0595. The fourth-order valence-corrected chi connectivity index (χ4v) is 1.67. The summed E-state index contributed by atoms with van der Waals surface area (Å²) in [5.74, 6) is -1.33. The Morgan fingerprint density at radius 2 is 2.16 bits per heavy atom. The Hall–Kier alpha value is -2.30. The first-order valence-electron chi connectivity index (χ1n) is 5.85. The zero-order chi connectivity index (χ0) is 13.8. The molecule has 4 nitrogen and oxygen atoms in total. The van der Waals surface area contributed by atoms with Crippen LogP contribution in [0.1, 0.15) is 23.0 Å². The molecule has 1 aromatic heterocycles. The Bertz CT molecular complexity index is 614. The summed E-state index contributed by atoms with van der Waals surface area (Å²) in [7, 11) is 1.21. The number of nitrogens with zero attached hydrogens (tertiary/aromatic N) is 2. The normalized spacial score (nSPS) is 10.3. The first kappa shape index (κ1) is 13.1. The zero-order valence-corrected chi connectivity index (χ0v) is 10.7. The van der Waals surface area contributed by atoms with Crippen molar-refractivity contribution in [2.45, 2.75) is 13.3 Å². The molecule has 98 valence electrons. The Labute approximate surface area is 110 Å². The van der Waals surface area contributed by atoms with E-state index < -0.39 is 11.8 Å². The van der Waals surface area contributed by atoms with Crippen LogP contribution < -0.4 is 0 Å². The summed E-state index contributed by atoms with van der Waals surface area (Å²) in [6.07, 6.45) is 3.98. The minimum absolute atomic E-state index is 0.0918. The number of hydrogen-bond donors (Lipinski definition) is 0. The maximum absolute atomic E-state index is 13.8. The summed E-state index contributed by atoms with van der Waals surface area (Å²) in [6, 6.07) is 4.27. The molecule has 1 heterocycles. The Morgan fingerprint density at radius 1 is 1.37 bits per heavy atom. The highest BCUT2D eigenvalue weighted by Gasteiger charge is 2.13. The van der Waals surface area contributed by atoms with Crippen molar-refractivity contribution in [2.24, 2.45) is 0 Å². The number of benzene rings is 1. The molecule has 2 aromatic rings. The molecule has 19 heavy (non-hydrogen) atoms. The predicted molar refractivity (Wildman–Crippen MR) is 68.1 cm³/mol. The number of rotatable bonds is 3. The monoisotopic (exact) mass is 260 g/mol. The van der Waals surface area contributed by atoms with Crippen molar-refractivity contribution < 1.29 is 13.9 Å². The van der Waals surface area contributed by atoms with Crippen LogP contribution in [0, 0.1) is 5.82 Å². The van der Waals surface area contributed by atoms with Crippen LogP contribution in [0.4, 0.5) is 4.39 Å². The summed E-state index contributed by atoms with van der Waals surface area (Å²) < 4.78 is 18.3. The van der Waals surface area contributed by atoms with E-state index in [1.54, 1.807) is 18.5 Å². The quantitative estimate of drug-likeness (QED) is 0.796. The van der Waals surface area contributed by atoms with Crippen molar-refractivity contribution in [2.75, 3.05) is 7.11 Å². The zero-order valence-electron chi connectivity index (χ0n) is 10.7. The molecule has 1 aromatic carbocycles. The summed E-state index contributed by atoms with van der Waals surface area (Å²) in [5, 5.41) is 0. The number of ether oxygens (including phenoxy) is 1. The van der Waals surface area contributed by atoms with Gasteiger partial charge in [0.05, 0.1) is 30.3 Å². The molecule has 0 saturated heterocycles. The van der Waals surface area contributed by atoms with Crippen LogP contribution in [0.5, 0.6) is 0 Å². The first-order chi connectivity index (χ1) is 9.15. The molecule has 0 unspecified atom stereocenters. The third-order valence-electron chi connectivity index (χ3n) is 2.72. The topological polar surface area (TPSA) is 52.1 Å². The van der Waals surface area contributed by atoms with Crippen molar-refractivity contribution in [1.82, 2.24) is 9.97 Å². The number of aryl methyl sites for hydroxylation is 1. The van der Waals surface area contributed by atoms with Gasteiger partial charge in [-0.3, -0.25) is 4.98 Å². The molecule has 0 aliphatic heterocycles. The summed E-state index contributed by atoms with van der Waals surface area (Å²) >= 11 is 0. The van der Waals surface area contributed by atoms with Crippen LogP contribution in [0.3, 0.4) is 0 Å². The SMILES string of the molecule is CCc1cncc(-c2ccc(C(=O)OC)c(F)c2)n1. The summed E-state index contributed by atoms with van der Waals surface area (Å²) in [5.41, 5.74) is 1.89. The minimum atomic E-state index is -0.697. The number of aromatic nitrogens is 2. The molecule has 0 amide bonds. The number of halogens is 1. The standard InChI is InChI=1S/C14H13FN2O2/c1-3-10-7-16-8-13(17-10)9-4-5-11(12(15)6-9)14(18)19-2/h4-8H,3H2,1-2H3. The van der Waals surface area contributed by atoms with Gasteiger partial charge in [-0.2, -0.15) is 0 Å².